The minimum Gasteiger partial charge on any atom is -0.508 e. The summed E-state index contributed by atoms with van der Waals surface area (Å²) in [6.07, 6.45) is 1.44. The Morgan fingerprint density at radius 1 is 0.938 bits per heavy atom. The van der Waals surface area contributed by atoms with Crippen molar-refractivity contribution in [1.82, 2.24) is 4.98 Å². The molecule has 1 heterocycles. The number of aromatic hydroxyl groups is 1. The van der Waals surface area contributed by atoms with E-state index in [0.29, 0.717) is 0 Å². The van der Waals surface area contributed by atoms with Gasteiger partial charge in [0, 0.05) is 0 Å². The number of benzene rings is 2. The van der Waals surface area contributed by atoms with E-state index in [4.69, 9.17) is 4.42 Å². The highest BCUT2D eigenvalue weighted by molar-refractivity contribution is 5.80. The zero-order valence-electron chi connectivity index (χ0n) is 8.42. The predicted octanol–water partition coefficient (Wildman–Crippen LogP) is 3.20. The average molecular weight is 211 g/mol. The summed E-state index contributed by atoms with van der Waals surface area (Å²) in [5.74, 6) is 0.270. The van der Waals surface area contributed by atoms with Crippen LogP contribution < -0.4 is 0 Å². The van der Waals surface area contributed by atoms with Crippen molar-refractivity contribution < 1.29 is 9.52 Å². The second-order valence-corrected chi connectivity index (χ2v) is 3.58. The molecule has 16 heavy (non-hydrogen) atoms. The van der Waals surface area contributed by atoms with E-state index in [2.05, 4.69) is 4.98 Å². The largest absolute Gasteiger partial charge is 0.508 e. The summed E-state index contributed by atoms with van der Waals surface area (Å²) in [5, 5.41) is 9.21. The molecule has 0 atom stereocenters. The fraction of sp³-hybridized carbons (Fsp3) is 0. The van der Waals surface area contributed by atoms with Crippen molar-refractivity contribution in [2.75, 3.05) is 0 Å². The molecule has 0 aliphatic carbocycles. The monoisotopic (exact) mass is 211 g/mol. The highest BCUT2D eigenvalue weighted by atomic mass is 16.3. The van der Waals surface area contributed by atoms with E-state index >= 15 is 0 Å². The molecule has 3 aromatic rings. The van der Waals surface area contributed by atoms with Gasteiger partial charge in [-0.2, -0.15) is 0 Å². The SMILES string of the molecule is Oc1ccc(-c2ccc3ocnc3c2)cc1. The molecule has 0 fully saturated rings. The van der Waals surface area contributed by atoms with Crippen molar-refractivity contribution in [3.63, 3.8) is 0 Å². The zero-order chi connectivity index (χ0) is 11.0. The molecule has 0 amide bonds. The van der Waals surface area contributed by atoms with Gasteiger partial charge >= 0.3 is 0 Å². The molecule has 0 unspecified atom stereocenters. The fourth-order valence-corrected chi connectivity index (χ4v) is 1.69. The van der Waals surface area contributed by atoms with Crippen LogP contribution in [-0.4, -0.2) is 10.1 Å². The first-order valence-electron chi connectivity index (χ1n) is 4.95. The van der Waals surface area contributed by atoms with Crippen molar-refractivity contribution >= 4 is 11.1 Å². The van der Waals surface area contributed by atoms with Crippen LogP contribution in [0, 0.1) is 0 Å². The molecule has 0 aliphatic heterocycles. The maximum absolute atomic E-state index is 9.21. The number of hydrogen-bond acceptors (Lipinski definition) is 3. The van der Waals surface area contributed by atoms with Gasteiger partial charge in [0.25, 0.3) is 0 Å². The molecule has 0 saturated carbocycles. The van der Waals surface area contributed by atoms with Gasteiger partial charge in [0.2, 0.25) is 0 Å². The lowest BCUT2D eigenvalue weighted by Gasteiger charge is -2.01. The van der Waals surface area contributed by atoms with E-state index in [1.165, 1.54) is 6.39 Å². The maximum Gasteiger partial charge on any atom is 0.181 e. The summed E-state index contributed by atoms with van der Waals surface area (Å²) in [5.41, 5.74) is 3.72. The maximum atomic E-state index is 9.21. The topological polar surface area (TPSA) is 46.3 Å². The van der Waals surface area contributed by atoms with Crippen molar-refractivity contribution in [3.8, 4) is 16.9 Å². The summed E-state index contributed by atoms with van der Waals surface area (Å²) in [4.78, 5) is 4.11. The van der Waals surface area contributed by atoms with E-state index in [9.17, 15) is 5.11 Å². The molecule has 0 spiro atoms. The summed E-state index contributed by atoms with van der Waals surface area (Å²) >= 11 is 0. The Hall–Kier alpha value is -2.29. The lowest BCUT2D eigenvalue weighted by Crippen LogP contribution is -1.77. The highest BCUT2D eigenvalue weighted by Gasteiger charge is 2.02. The zero-order valence-corrected chi connectivity index (χ0v) is 8.42. The van der Waals surface area contributed by atoms with Gasteiger partial charge in [-0.05, 0) is 35.4 Å². The number of rotatable bonds is 1. The van der Waals surface area contributed by atoms with Crippen LogP contribution in [0.2, 0.25) is 0 Å². The molecule has 1 aromatic heterocycles. The molecule has 1 N–H and O–H groups in total. The first-order chi connectivity index (χ1) is 7.83. The third-order valence-corrected chi connectivity index (χ3v) is 2.53. The molecule has 3 heteroatoms. The van der Waals surface area contributed by atoms with Crippen LogP contribution in [0.5, 0.6) is 5.75 Å². The molecule has 78 valence electrons. The second kappa shape index (κ2) is 3.38. The summed E-state index contributed by atoms with van der Waals surface area (Å²) in [6.45, 7) is 0. The molecule has 0 saturated heterocycles. The van der Waals surface area contributed by atoms with Gasteiger partial charge in [0.1, 0.15) is 11.3 Å². The average Bonchev–Trinajstić information content (AvgIpc) is 2.77. The van der Waals surface area contributed by atoms with Crippen LogP contribution >= 0.6 is 0 Å². The van der Waals surface area contributed by atoms with Gasteiger partial charge in [-0.15, -0.1) is 0 Å². The van der Waals surface area contributed by atoms with Crippen LogP contribution in [0.1, 0.15) is 0 Å². The Kier molecular flexibility index (Phi) is 1.90. The molecule has 0 aliphatic rings. The number of phenolic OH excluding ortho intramolecular Hbond substituents is 1. The lowest BCUT2D eigenvalue weighted by atomic mass is 10.1. The highest BCUT2D eigenvalue weighted by Crippen LogP contribution is 2.25. The molecule has 3 rings (SSSR count). The smallest absolute Gasteiger partial charge is 0.181 e. The normalized spacial score (nSPS) is 10.8. The Bertz CT molecular complexity index is 626. The van der Waals surface area contributed by atoms with Gasteiger partial charge in [-0.3, -0.25) is 0 Å². The third kappa shape index (κ3) is 1.42. The molecular formula is C13H9NO2. The van der Waals surface area contributed by atoms with E-state index in [1.54, 1.807) is 12.1 Å². The Morgan fingerprint density at radius 3 is 2.50 bits per heavy atom. The predicted molar refractivity (Wildman–Crippen MR) is 61.1 cm³/mol. The van der Waals surface area contributed by atoms with Gasteiger partial charge in [0.15, 0.2) is 12.0 Å². The summed E-state index contributed by atoms with van der Waals surface area (Å²) in [6, 6.07) is 12.9. The van der Waals surface area contributed by atoms with Gasteiger partial charge in [-0.1, -0.05) is 18.2 Å². The van der Waals surface area contributed by atoms with E-state index in [-0.39, 0.29) is 5.75 Å². The Labute approximate surface area is 92.0 Å². The minimum absolute atomic E-state index is 0.270. The number of aromatic nitrogens is 1. The molecule has 0 bridgehead atoms. The van der Waals surface area contributed by atoms with Crippen molar-refractivity contribution in [3.05, 3.63) is 48.9 Å². The molecule has 3 nitrogen and oxygen atoms in total. The molecule has 0 radical (unpaired) electrons. The van der Waals surface area contributed by atoms with Crippen LogP contribution in [0.3, 0.4) is 0 Å². The molecular weight excluding hydrogens is 202 g/mol. The lowest BCUT2D eigenvalue weighted by molar-refractivity contribution is 0.475. The van der Waals surface area contributed by atoms with Crippen LogP contribution in [0.4, 0.5) is 0 Å². The summed E-state index contributed by atoms with van der Waals surface area (Å²) < 4.78 is 5.18. The van der Waals surface area contributed by atoms with Gasteiger partial charge < -0.3 is 9.52 Å². The molecule has 2 aromatic carbocycles. The van der Waals surface area contributed by atoms with Crippen LogP contribution in [0.25, 0.3) is 22.2 Å². The number of nitrogens with zero attached hydrogens (tertiary/aromatic N) is 1. The number of hydrogen-bond donors (Lipinski definition) is 1. The van der Waals surface area contributed by atoms with Crippen molar-refractivity contribution in [2.24, 2.45) is 0 Å². The number of oxazole rings is 1. The standard InChI is InChI=1S/C13H9NO2/c15-11-4-1-9(2-5-11)10-3-6-13-12(7-10)14-8-16-13/h1-8,15H. The van der Waals surface area contributed by atoms with Crippen molar-refractivity contribution in [1.29, 1.82) is 0 Å². The first-order valence-corrected chi connectivity index (χ1v) is 4.95. The quantitative estimate of drug-likeness (QED) is 0.672. The fourth-order valence-electron chi connectivity index (χ4n) is 1.69. The van der Waals surface area contributed by atoms with Gasteiger partial charge in [0.05, 0.1) is 0 Å². The second-order valence-electron chi connectivity index (χ2n) is 3.58. The van der Waals surface area contributed by atoms with E-state index < -0.39 is 0 Å². The number of fused-ring (bicyclic) bond motifs is 1. The van der Waals surface area contributed by atoms with E-state index in [0.717, 1.165) is 22.2 Å². The van der Waals surface area contributed by atoms with Crippen LogP contribution in [-0.2, 0) is 0 Å². The van der Waals surface area contributed by atoms with Gasteiger partial charge in [-0.25, -0.2) is 4.98 Å². The van der Waals surface area contributed by atoms with Crippen LogP contribution in [0.15, 0.2) is 53.3 Å². The van der Waals surface area contributed by atoms with E-state index in [1.807, 2.05) is 30.3 Å². The minimum atomic E-state index is 0.270. The Balaban J connectivity index is 2.14. The third-order valence-electron chi connectivity index (χ3n) is 2.53. The number of phenols is 1. The first kappa shape index (κ1) is 8.97. The summed E-state index contributed by atoms with van der Waals surface area (Å²) in [7, 11) is 0. The Morgan fingerprint density at radius 2 is 1.69 bits per heavy atom. The van der Waals surface area contributed by atoms with Crippen molar-refractivity contribution in [2.45, 2.75) is 0 Å².